The van der Waals surface area contributed by atoms with E-state index in [1.54, 1.807) is 0 Å². The van der Waals surface area contributed by atoms with Crippen molar-refractivity contribution in [2.45, 2.75) is 456 Å². The van der Waals surface area contributed by atoms with E-state index < -0.39 is 12.1 Å². The third-order valence-corrected chi connectivity index (χ3v) is 18.5. The second-order valence-corrected chi connectivity index (χ2v) is 27.0. The van der Waals surface area contributed by atoms with Crippen LogP contribution in [0.25, 0.3) is 0 Å². The Kier molecular flexibility index (Phi) is 73.3. The first-order valence-corrected chi connectivity index (χ1v) is 39.1. The second kappa shape index (κ2) is 74.8. The number of carbonyl (C=O) groups is 2. The fraction of sp³-hybridized carbons (Fsp3) is 0.924. The van der Waals surface area contributed by atoms with E-state index in [2.05, 4.69) is 43.5 Å². The average Bonchev–Trinajstić information content (AvgIpc) is 3.51. The van der Waals surface area contributed by atoms with Crippen LogP contribution in [-0.4, -0.2) is 47.4 Å². The number of allylic oxidation sites excluding steroid dienone is 4. The van der Waals surface area contributed by atoms with Crippen LogP contribution in [0.2, 0.25) is 0 Å². The smallest absolute Gasteiger partial charge is 0.305 e. The number of carbonyl (C=O) groups excluding carboxylic acids is 2. The molecular weight excluding hydrogens is 1040 g/mol. The summed E-state index contributed by atoms with van der Waals surface area (Å²) in [6.45, 7) is 5.00. The van der Waals surface area contributed by atoms with Crippen molar-refractivity contribution in [2.24, 2.45) is 0 Å². The molecule has 0 aliphatic heterocycles. The molecule has 0 aromatic rings. The van der Waals surface area contributed by atoms with E-state index in [0.717, 1.165) is 44.9 Å². The van der Waals surface area contributed by atoms with Crippen molar-refractivity contribution in [3.63, 3.8) is 0 Å². The summed E-state index contributed by atoms with van der Waals surface area (Å²) in [5, 5.41) is 23.4. The fourth-order valence-corrected chi connectivity index (χ4v) is 12.6. The molecule has 0 saturated heterocycles. The van der Waals surface area contributed by atoms with Crippen molar-refractivity contribution in [3.8, 4) is 0 Å². The van der Waals surface area contributed by atoms with Gasteiger partial charge in [-0.2, -0.15) is 0 Å². The molecule has 0 aromatic heterocycles. The lowest BCUT2D eigenvalue weighted by Gasteiger charge is -2.22. The Bertz CT molecular complexity index is 1330. The van der Waals surface area contributed by atoms with Crippen molar-refractivity contribution in [1.82, 2.24) is 5.32 Å². The standard InChI is InChI=1S/C79H153NO5/c1-3-5-7-9-11-13-15-17-19-44-47-51-55-59-63-67-71-77(82)76(75-81)80-78(83)72-68-64-60-56-52-48-45-41-39-37-35-33-31-29-27-25-23-21-20-22-24-26-28-30-32-34-36-38-40-42-46-50-54-58-62-66-70-74-85-79(84)73-69-65-61-57-53-49-43-18-16-14-12-10-8-6-4-2/h20,22,26,28,76-77,81-82H,3-19,21,23-25,27,29-75H2,1-2H3,(H,80,83)/b22-20-,28-26-. The number of amides is 1. The molecule has 1 amide bonds. The van der Waals surface area contributed by atoms with Crippen LogP contribution in [0.15, 0.2) is 24.3 Å². The minimum absolute atomic E-state index is 0.0226. The van der Waals surface area contributed by atoms with E-state index in [9.17, 15) is 19.8 Å². The number of aliphatic hydroxyl groups excluding tert-OH is 2. The molecule has 0 fully saturated rings. The lowest BCUT2D eigenvalue weighted by molar-refractivity contribution is -0.143. The Morgan fingerprint density at radius 1 is 0.329 bits per heavy atom. The molecule has 0 saturated carbocycles. The summed E-state index contributed by atoms with van der Waals surface area (Å²) in [7, 11) is 0. The summed E-state index contributed by atoms with van der Waals surface area (Å²) >= 11 is 0. The predicted molar refractivity (Wildman–Crippen MR) is 375 cm³/mol. The Morgan fingerprint density at radius 3 is 0.894 bits per heavy atom. The fourth-order valence-electron chi connectivity index (χ4n) is 12.6. The van der Waals surface area contributed by atoms with Gasteiger partial charge in [-0.3, -0.25) is 9.59 Å². The van der Waals surface area contributed by atoms with Gasteiger partial charge in [0.1, 0.15) is 0 Å². The minimum Gasteiger partial charge on any atom is -0.466 e. The van der Waals surface area contributed by atoms with E-state index in [4.69, 9.17) is 4.74 Å². The zero-order valence-corrected chi connectivity index (χ0v) is 57.9. The summed E-state index contributed by atoms with van der Waals surface area (Å²) in [4.78, 5) is 24.6. The Morgan fingerprint density at radius 2 is 0.588 bits per heavy atom. The van der Waals surface area contributed by atoms with Gasteiger partial charge in [0.2, 0.25) is 5.91 Å². The van der Waals surface area contributed by atoms with Gasteiger partial charge in [0.25, 0.3) is 0 Å². The third kappa shape index (κ3) is 71.3. The van der Waals surface area contributed by atoms with E-state index >= 15 is 0 Å². The maximum absolute atomic E-state index is 12.5. The molecule has 0 heterocycles. The number of nitrogens with one attached hydrogen (secondary N) is 1. The summed E-state index contributed by atoms with van der Waals surface area (Å²) in [6.07, 6.45) is 95.6. The zero-order valence-electron chi connectivity index (χ0n) is 57.9. The highest BCUT2D eigenvalue weighted by Gasteiger charge is 2.20. The van der Waals surface area contributed by atoms with Crippen molar-refractivity contribution in [3.05, 3.63) is 24.3 Å². The summed E-state index contributed by atoms with van der Waals surface area (Å²) in [6, 6.07) is -0.539. The molecule has 0 bridgehead atoms. The Labute approximate surface area is 532 Å². The molecule has 6 heteroatoms. The highest BCUT2D eigenvalue weighted by atomic mass is 16.5. The third-order valence-electron chi connectivity index (χ3n) is 18.5. The van der Waals surface area contributed by atoms with Crippen LogP contribution >= 0.6 is 0 Å². The van der Waals surface area contributed by atoms with Crippen molar-refractivity contribution < 1.29 is 24.5 Å². The van der Waals surface area contributed by atoms with Gasteiger partial charge in [0.15, 0.2) is 0 Å². The molecule has 3 N–H and O–H groups in total. The number of hydrogen-bond donors (Lipinski definition) is 3. The van der Waals surface area contributed by atoms with Gasteiger partial charge in [0, 0.05) is 12.8 Å². The number of ether oxygens (including phenoxy) is 1. The van der Waals surface area contributed by atoms with Crippen molar-refractivity contribution in [1.29, 1.82) is 0 Å². The van der Waals surface area contributed by atoms with Gasteiger partial charge in [-0.25, -0.2) is 0 Å². The average molecular weight is 1200 g/mol. The van der Waals surface area contributed by atoms with Crippen LogP contribution in [0.5, 0.6) is 0 Å². The first kappa shape index (κ1) is 83.3. The van der Waals surface area contributed by atoms with E-state index in [0.29, 0.717) is 25.9 Å². The van der Waals surface area contributed by atoms with Crippen molar-refractivity contribution in [2.75, 3.05) is 13.2 Å². The maximum atomic E-state index is 12.5. The minimum atomic E-state index is -0.662. The van der Waals surface area contributed by atoms with Crippen LogP contribution in [0.3, 0.4) is 0 Å². The van der Waals surface area contributed by atoms with Crippen LogP contribution < -0.4 is 5.32 Å². The monoisotopic (exact) mass is 1200 g/mol. The molecule has 0 aliphatic carbocycles. The molecule has 0 spiro atoms. The SMILES string of the molecule is CCCCCCCCCCCCCCCCCCC(O)C(CO)NC(=O)CCCCCCCCCCCCCCCCCCC/C=C\C/C=C\CCCCCCCCCCCCCCCOC(=O)CCCCCCCCCCCCCCCCC. The first-order valence-electron chi connectivity index (χ1n) is 39.1. The molecule has 2 unspecified atom stereocenters. The van der Waals surface area contributed by atoms with Gasteiger partial charge in [-0.15, -0.1) is 0 Å². The van der Waals surface area contributed by atoms with E-state index in [1.807, 2.05) is 0 Å². The molecular formula is C79H153NO5. The van der Waals surface area contributed by atoms with E-state index in [-0.39, 0.29) is 18.5 Å². The second-order valence-electron chi connectivity index (χ2n) is 27.0. The topological polar surface area (TPSA) is 95.9 Å². The van der Waals surface area contributed by atoms with Crippen LogP contribution in [0.1, 0.15) is 444 Å². The largest absolute Gasteiger partial charge is 0.466 e. The summed E-state index contributed by atoms with van der Waals surface area (Å²) < 4.78 is 5.50. The number of unbranched alkanes of at least 4 members (excludes halogenated alkanes) is 59. The number of hydrogen-bond acceptors (Lipinski definition) is 5. The highest BCUT2D eigenvalue weighted by Crippen LogP contribution is 2.20. The number of rotatable bonds is 74. The Hall–Kier alpha value is -1.66. The van der Waals surface area contributed by atoms with Gasteiger partial charge in [0.05, 0.1) is 25.4 Å². The molecule has 0 radical (unpaired) electrons. The lowest BCUT2D eigenvalue weighted by Crippen LogP contribution is -2.45. The van der Waals surface area contributed by atoms with Gasteiger partial charge < -0.3 is 20.3 Å². The highest BCUT2D eigenvalue weighted by molar-refractivity contribution is 5.76. The molecule has 504 valence electrons. The lowest BCUT2D eigenvalue weighted by atomic mass is 10.0. The van der Waals surface area contributed by atoms with Gasteiger partial charge >= 0.3 is 5.97 Å². The molecule has 85 heavy (non-hydrogen) atoms. The quantitative estimate of drug-likeness (QED) is 0.0320. The Balaban J connectivity index is 3.34. The predicted octanol–water partition coefficient (Wildman–Crippen LogP) is 25.7. The molecule has 0 aromatic carbocycles. The molecule has 0 rings (SSSR count). The summed E-state index contributed by atoms with van der Waals surface area (Å²) in [5.74, 6) is -0.00584. The van der Waals surface area contributed by atoms with Gasteiger partial charge in [-0.05, 0) is 57.8 Å². The maximum Gasteiger partial charge on any atom is 0.305 e. The zero-order chi connectivity index (χ0) is 61.3. The number of esters is 1. The van der Waals surface area contributed by atoms with E-state index in [1.165, 1.54) is 366 Å². The van der Waals surface area contributed by atoms with Crippen molar-refractivity contribution >= 4 is 11.9 Å². The van der Waals surface area contributed by atoms with Crippen LogP contribution in [-0.2, 0) is 14.3 Å². The first-order chi connectivity index (χ1) is 42.0. The molecule has 2 atom stereocenters. The van der Waals surface area contributed by atoms with Gasteiger partial charge in [-0.1, -0.05) is 398 Å². The molecule has 0 aliphatic rings. The summed E-state index contributed by atoms with van der Waals surface area (Å²) in [5.41, 5.74) is 0. The number of aliphatic hydroxyl groups is 2. The normalized spacial score (nSPS) is 12.6. The van der Waals surface area contributed by atoms with Crippen LogP contribution in [0, 0.1) is 0 Å². The van der Waals surface area contributed by atoms with Crippen LogP contribution in [0.4, 0.5) is 0 Å². The molecule has 6 nitrogen and oxygen atoms in total.